The summed E-state index contributed by atoms with van der Waals surface area (Å²) in [7, 11) is 0. The summed E-state index contributed by atoms with van der Waals surface area (Å²) in [5.74, 6) is 2.14. The highest BCUT2D eigenvalue weighted by Gasteiger charge is 2.30. The van der Waals surface area contributed by atoms with E-state index >= 15 is 0 Å². The molecule has 0 saturated carbocycles. The Kier molecular flexibility index (Phi) is 7.57. The second kappa shape index (κ2) is 10.5. The highest BCUT2D eigenvalue weighted by Crippen LogP contribution is 2.27. The lowest BCUT2D eigenvalue weighted by atomic mass is 10.0. The highest BCUT2D eigenvalue weighted by atomic mass is 16.6. The molecule has 9 heteroatoms. The van der Waals surface area contributed by atoms with Crippen LogP contribution < -0.4 is 4.90 Å². The molecule has 2 aromatic rings. The van der Waals surface area contributed by atoms with Crippen LogP contribution in [0.3, 0.4) is 0 Å². The normalized spacial score (nSPS) is 17.6. The summed E-state index contributed by atoms with van der Waals surface area (Å²) in [4.78, 5) is 41.2. The first-order valence-electron chi connectivity index (χ1n) is 13.1. The van der Waals surface area contributed by atoms with E-state index in [1.807, 2.05) is 57.0 Å². The third kappa shape index (κ3) is 5.99. The number of carbonyl (C=O) groups is 2. The third-order valence-corrected chi connectivity index (χ3v) is 6.77. The summed E-state index contributed by atoms with van der Waals surface area (Å²) in [6.07, 6.45) is 3.33. The van der Waals surface area contributed by atoms with E-state index in [1.165, 1.54) is 0 Å². The molecule has 2 aliphatic heterocycles. The monoisotopic (exact) mass is 496 g/mol. The van der Waals surface area contributed by atoms with Crippen molar-refractivity contribution in [3.8, 4) is 0 Å². The van der Waals surface area contributed by atoms with Crippen LogP contribution in [0.4, 0.5) is 10.6 Å². The molecule has 9 nitrogen and oxygen atoms in total. The Morgan fingerprint density at radius 3 is 2.28 bits per heavy atom. The first-order valence-corrected chi connectivity index (χ1v) is 13.1. The molecular formula is C27H40N6O3. The van der Waals surface area contributed by atoms with Gasteiger partial charge >= 0.3 is 6.09 Å². The van der Waals surface area contributed by atoms with Gasteiger partial charge < -0.3 is 24.0 Å². The van der Waals surface area contributed by atoms with Gasteiger partial charge in [-0.2, -0.15) is 0 Å². The Labute approximate surface area is 214 Å². The zero-order valence-corrected chi connectivity index (χ0v) is 22.5. The molecule has 196 valence electrons. The number of anilines is 1. The summed E-state index contributed by atoms with van der Waals surface area (Å²) in [6, 6.07) is 6.08. The topological polar surface area (TPSA) is 83.8 Å². The van der Waals surface area contributed by atoms with E-state index in [2.05, 4.69) is 28.3 Å². The molecule has 36 heavy (non-hydrogen) atoms. The van der Waals surface area contributed by atoms with Gasteiger partial charge in [0.15, 0.2) is 0 Å². The van der Waals surface area contributed by atoms with Crippen LogP contribution in [0.1, 0.15) is 81.4 Å². The van der Waals surface area contributed by atoms with Crippen molar-refractivity contribution in [1.82, 2.24) is 24.3 Å². The number of carbonyl (C=O) groups excluding carboxylic acids is 2. The van der Waals surface area contributed by atoms with Crippen molar-refractivity contribution in [3.63, 3.8) is 0 Å². The average molecular weight is 497 g/mol. The van der Waals surface area contributed by atoms with Gasteiger partial charge in [-0.25, -0.2) is 14.8 Å². The predicted molar refractivity (Wildman–Crippen MR) is 139 cm³/mol. The van der Waals surface area contributed by atoms with Crippen LogP contribution in [0.25, 0.3) is 0 Å². The van der Waals surface area contributed by atoms with Gasteiger partial charge in [0.05, 0.1) is 0 Å². The van der Waals surface area contributed by atoms with Crippen LogP contribution in [-0.4, -0.2) is 81.2 Å². The van der Waals surface area contributed by atoms with E-state index in [1.54, 1.807) is 4.90 Å². The number of rotatable bonds is 4. The zero-order chi connectivity index (χ0) is 26.0. The van der Waals surface area contributed by atoms with E-state index in [0.29, 0.717) is 26.2 Å². The van der Waals surface area contributed by atoms with Crippen molar-refractivity contribution in [1.29, 1.82) is 0 Å². The lowest BCUT2D eigenvalue weighted by molar-refractivity contribution is 0.0186. The van der Waals surface area contributed by atoms with Crippen LogP contribution in [0.5, 0.6) is 0 Å². The van der Waals surface area contributed by atoms with E-state index in [-0.39, 0.29) is 24.0 Å². The standard InChI is InChI=1S/C27H40N6O3/c1-19(2)24-28-20(3)18-23(29-24)30-14-16-31(17-15-30)25(34)22-8-7-11-33(22)21-9-12-32(13-10-21)26(35)36-27(4,5)6/h7-8,11,18-19,21H,9-10,12-17H2,1-6H3. The van der Waals surface area contributed by atoms with Gasteiger partial charge in [0.25, 0.3) is 5.91 Å². The summed E-state index contributed by atoms with van der Waals surface area (Å²) in [6.45, 7) is 15.9. The molecule has 4 rings (SSSR count). The number of hydrogen-bond acceptors (Lipinski definition) is 6. The van der Waals surface area contributed by atoms with Crippen LogP contribution in [-0.2, 0) is 4.74 Å². The fourth-order valence-corrected chi connectivity index (χ4v) is 4.84. The summed E-state index contributed by atoms with van der Waals surface area (Å²) in [5, 5.41) is 0. The maximum absolute atomic E-state index is 13.5. The molecule has 0 unspecified atom stereocenters. The number of ether oxygens (including phenoxy) is 1. The fraction of sp³-hybridized carbons (Fsp3) is 0.630. The molecule has 0 bridgehead atoms. The van der Waals surface area contributed by atoms with Gasteiger partial charge in [-0.05, 0) is 52.7 Å². The Morgan fingerprint density at radius 2 is 1.67 bits per heavy atom. The number of aryl methyl sites for hydroxylation is 1. The Morgan fingerprint density at radius 1 is 1.00 bits per heavy atom. The molecule has 0 aromatic carbocycles. The van der Waals surface area contributed by atoms with E-state index < -0.39 is 5.60 Å². The Bertz CT molecular complexity index is 1070. The van der Waals surface area contributed by atoms with Crippen LogP contribution in [0, 0.1) is 6.92 Å². The minimum absolute atomic E-state index is 0.0657. The number of piperazine rings is 1. The van der Waals surface area contributed by atoms with Crippen LogP contribution in [0.2, 0.25) is 0 Å². The highest BCUT2D eigenvalue weighted by molar-refractivity contribution is 5.93. The SMILES string of the molecule is Cc1cc(N2CCN(C(=O)c3cccn3C3CCN(C(=O)OC(C)(C)C)CC3)CC2)nc(C(C)C)n1. The minimum atomic E-state index is -0.499. The molecule has 2 amide bonds. The molecule has 4 heterocycles. The first kappa shape index (κ1) is 26.0. The van der Waals surface area contributed by atoms with Crippen LogP contribution >= 0.6 is 0 Å². The summed E-state index contributed by atoms with van der Waals surface area (Å²) >= 11 is 0. The van der Waals surface area contributed by atoms with Crippen molar-refractivity contribution in [3.05, 3.63) is 41.6 Å². The molecule has 2 aliphatic rings. The number of nitrogens with zero attached hydrogens (tertiary/aromatic N) is 6. The van der Waals surface area contributed by atoms with E-state index in [4.69, 9.17) is 9.72 Å². The maximum atomic E-state index is 13.5. The number of piperidine rings is 1. The van der Waals surface area contributed by atoms with Crippen molar-refractivity contribution in [2.24, 2.45) is 0 Å². The van der Waals surface area contributed by atoms with Crippen molar-refractivity contribution in [2.45, 2.75) is 71.9 Å². The Hall–Kier alpha value is -3.10. The molecule has 2 saturated heterocycles. The van der Waals surface area contributed by atoms with Gasteiger partial charge in [-0.15, -0.1) is 0 Å². The van der Waals surface area contributed by atoms with Gasteiger partial charge in [-0.1, -0.05) is 13.8 Å². The van der Waals surface area contributed by atoms with E-state index in [9.17, 15) is 9.59 Å². The second-order valence-corrected chi connectivity index (χ2v) is 11.2. The third-order valence-electron chi connectivity index (χ3n) is 6.77. The van der Waals surface area contributed by atoms with Crippen molar-refractivity contribution < 1.29 is 14.3 Å². The number of amides is 2. The number of likely N-dealkylation sites (tertiary alicyclic amines) is 1. The molecular weight excluding hydrogens is 456 g/mol. The van der Waals surface area contributed by atoms with Gasteiger partial charge in [-0.3, -0.25) is 4.79 Å². The lowest BCUT2D eigenvalue weighted by Gasteiger charge is -2.37. The van der Waals surface area contributed by atoms with E-state index in [0.717, 1.165) is 49.0 Å². The van der Waals surface area contributed by atoms with Crippen molar-refractivity contribution >= 4 is 17.8 Å². The quantitative estimate of drug-likeness (QED) is 0.629. The van der Waals surface area contributed by atoms with Crippen LogP contribution in [0.15, 0.2) is 24.4 Å². The molecule has 0 spiro atoms. The Balaban J connectivity index is 1.36. The fourth-order valence-electron chi connectivity index (χ4n) is 4.84. The average Bonchev–Trinajstić information content (AvgIpc) is 3.32. The number of hydrogen-bond donors (Lipinski definition) is 0. The second-order valence-electron chi connectivity index (χ2n) is 11.2. The largest absolute Gasteiger partial charge is 0.444 e. The molecule has 2 aromatic heterocycles. The molecule has 0 radical (unpaired) electrons. The minimum Gasteiger partial charge on any atom is -0.444 e. The smallest absolute Gasteiger partial charge is 0.410 e. The zero-order valence-electron chi connectivity index (χ0n) is 22.5. The first-order chi connectivity index (χ1) is 17.0. The number of aromatic nitrogens is 3. The summed E-state index contributed by atoms with van der Waals surface area (Å²) in [5.41, 5.74) is 1.19. The van der Waals surface area contributed by atoms with Gasteiger partial charge in [0, 0.05) is 69.2 Å². The lowest BCUT2D eigenvalue weighted by Crippen LogP contribution is -2.49. The molecule has 2 fully saturated rings. The maximum Gasteiger partial charge on any atom is 0.410 e. The summed E-state index contributed by atoms with van der Waals surface area (Å²) < 4.78 is 7.62. The molecule has 0 aliphatic carbocycles. The van der Waals surface area contributed by atoms with Gasteiger partial charge in [0.1, 0.15) is 22.9 Å². The molecule has 0 atom stereocenters. The molecule has 0 N–H and O–H groups in total. The van der Waals surface area contributed by atoms with Gasteiger partial charge in [0.2, 0.25) is 0 Å². The van der Waals surface area contributed by atoms with Crippen molar-refractivity contribution in [2.75, 3.05) is 44.2 Å². The predicted octanol–water partition coefficient (Wildman–Crippen LogP) is 4.24.